The molecule has 0 saturated heterocycles. The molecular weight excluding hydrogens is 371 g/mol. The second-order valence-corrected chi connectivity index (χ2v) is 8.12. The van der Waals surface area contributed by atoms with Crippen LogP contribution in [-0.4, -0.2) is 32.8 Å². The number of aryl methyl sites for hydroxylation is 1. The molecule has 0 atom stereocenters. The summed E-state index contributed by atoms with van der Waals surface area (Å²) in [5.74, 6) is 0.863. The minimum Gasteiger partial charge on any atom is -0.366 e. The van der Waals surface area contributed by atoms with Gasteiger partial charge in [-0.2, -0.15) is 23.3 Å². The molecule has 10 heteroatoms. The molecule has 152 valence electrons. The minimum absolute atomic E-state index is 0.0877. The summed E-state index contributed by atoms with van der Waals surface area (Å²) in [5.41, 5.74) is 0.0825. The molecule has 3 N–H and O–H groups in total. The Hall–Kier alpha value is -2.36. The Labute approximate surface area is 161 Å². The molecule has 3 fully saturated rings. The summed E-state index contributed by atoms with van der Waals surface area (Å²) in [6, 6.07) is 0.0877. The number of hydrogen-bond donors (Lipinski definition) is 3. The lowest BCUT2D eigenvalue weighted by Crippen LogP contribution is -2.59. The molecule has 0 spiro atoms. The third-order valence-corrected chi connectivity index (χ3v) is 5.95. The van der Waals surface area contributed by atoms with Crippen LogP contribution in [0, 0.1) is 18.8 Å². The summed E-state index contributed by atoms with van der Waals surface area (Å²) in [7, 11) is 1.83. The molecule has 3 saturated carbocycles. The third kappa shape index (κ3) is 3.19. The molecule has 0 aliphatic heterocycles. The van der Waals surface area contributed by atoms with Gasteiger partial charge in [-0.05, 0) is 52.5 Å². The van der Waals surface area contributed by atoms with Crippen LogP contribution in [0.15, 0.2) is 12.4 Å². The molecule has 7 nitrogen and oxygen atoms in total. The molecule has 3 aliphatic rings. The maximum Gasteiger partial charge on any atom is 0.421 e. The first-order valence-electron chi connectivity index (χ1n) is 9.32. The van der Waals surface area contributed by atoms with E-state index in [-0.39, 0.29) is 17.8 Å². The molecule has 2 bridgehead atoms. The Kier molecular flexibility index (Phi) is 4.29. The van der Waals surface area contributed by atoms with Gasteiger partial charge in [0.15, 0.2) is 0 Å². The van der Waals surface area contributed by atoms with E-state index in [1.165, 1.54) is 0 Å². The Morgan fingerprint density at radius 2 is 1.86 bits per heavy atom. The van der Waals surface area contributed by atoms with Crippen molar-refractivity contribution in [3.05, 3.63) is 23.7 Å². The van der Waals surface area contributed by atoms with Crippen LogP contribution < -0.4 is 16.0 Å². The summed E-state index contributed by atoms with van der Waals surface area (Å²) in [4.78, 5) is 8.02. The van der Waals surface area contributed by atoms with Gasteiger partial charge in [-0.1, -0.05) is 0 Å². The highest BCUT2D eigenvalue weighted by Crippen LogP contribution is 2.54. The highest BCUT2D eigenvalue weighted by molar-refractivity contribution is 5.58. The lowest BCUT2D eigenvalue weighted by atomic mass is 9.52. The normalized spacial score (nSPS) is 23.8. The van der Waals surface area contributed by atoms with E-state index in [2.05, 4.69) is 31.0 Å². The highest BCUT2D eigenvalue weighted by Gasteiger charge is 2.53. The predicted octanol–water partition coefficient (Wildman–Crippen LogP) is 3.48. The van der Waals surface area contributed by atoms with Gasteiger partial charge in [0, 0.05) is 12.2 Å². The van der Waals surface area contributed by atoms with Gasteiger partial charge >= 0.3 is 6.18 Å². The monoisotopic (exact) mass is 395 g/mol. The van der Waals surface area contributed by atoms with Gasteiger partial charge in [0.2, 0.25) is 5.95 Å². The van der Waals surface area contributed by atoms with Gasteiger partial charge in [0.05, 0.1) is 17.6 Å². The van der Waals surface area contributed by atoms with Crippen molar-refractivity contribution in [3.63, 3.8) is 0 Å². The first-order chi connectivity index (χ1) is 13.1. The Morgan fingerprint density at radius 1 is 1.18 bits per heavy atom. The van der Waals surface area contributed by atoms with Gasteiger partial charge in [0.25, 0.3) is 0 Å². The molecule has 28 heavy (non-hydrogen) atoms. The van der Waals surface area contributed by atoms with Crippen LogP contribution in [0.3, 0.4) is 0 Å². The van der Waals surface area contributed by atoms with Gasteiger partial charge in [0.1, 0.15) is 17.0 Å². The standard InChI is InChI=1S/C18H24F3N7/c1-9-13(8-28(27-9)17(2,3)22-4)24-16-23-7-12(18(19,20)21)15(26-16)25-14-10-5-11(14)6-10/h7-8,10-11,14,22H,5-6H2,1-4H3,(H2,23,24,25,26). The number of nitrogens with one attached hydrogen (secondary N) is 3. The second-order valence-electron chi connectivity index (χ2n) is 8.12. The van der Waals surface area contributed by atoms with Crippen LogP contribution >= 0.6 is 0 Å². The largest absolute Gasteiger partial charge is 0.421 e. The fourth-order valence-corrected chi connectivity index (χ4v) is 3.55. The van der Waals surface area contributed by atoms with E-state index in [9.17, 15) is 13.2 Å². The molecule has 2 aromatic rings. The summed E-state index contributed by atoms with van der Waals surface area (Å²) in [6.45, 7) is 5.74. The fourth-order valence-electron chi connectivity index (χ4n) is 3.55. The minimum atomic E-state index is -4.51. The summed E-state index contributed by atoms with van der Waals surface area (Å²) >= 11 is 0. The SMILES string of the molecule is CNC(C)(C)n1cc(Nc2ncc(C(F)(F)F)c(NC3C4CC3C4)n2)c(C)n1. The molecule has 0 amide bonds. The zero-order valence-electron chi connectivity index (χ0n) is 16.2. The van der Waals surface area contributed by atoms with Gasteiger partial charge in [-0.15, -0.1) is 0 Å². The van der Waals surface area contributed by atoms with Crippen molar-refractivity contribution in [1.29, 1.82) is 0 Å². The van der Waals surface area contributed by atoms with Crippen LogP contribution in [0.4, 0.5) is 30.6 Å². The highest BCUT2D eigenvalue weighted by atomic mass is 19.4. The Bertz CT molecular complexity index is 876. The van der Waals surface area contributed by atoms with Crippen molar-refractivity contribution < 1.29 is 13.2 Å². The van der Waals surface area contributed by atoms with Crippen molar-refractivity contribution in [2.45, 2.75) is 51.5 Å². The van der Waals surface area contributed by atoms with E-state index >= 15 is 0 Å². The number of aromatic nitrogens is 4. The fraction of sp³-hybridized carbons (Fsp3) is 0.611. The van der Waals surface area contributed by atoms with Gasteiger partial charge in [-0.3, -0.25) is 10.00 Å². The van der Waals surface area contributed by atoms with E-state index in [1.807, 2.05) is 27.8 Å². The number of rotatable bonds is 6. The van der Waals surface area contributed by atoms with Crippen molar-refractivity contribution in [2.75, 3.05) is 17.7 Å². The number of nitrogens with zero attached hydrogens (tertiary/aromatic N) is 4. The molecular formula is C18H24F3N7. The van der Waals surface area contributed by atoms with E-state index in [1.54, 1.807) is 10.9 Å². The number of halogens is 3. The van der Waals surface area contributed by atoms with Gasteiger partial charge in [-0.25, -0.2) is 4.98 Å². The van der Waals surface area contributed by atoms with Gasteiger partial charge < -0.3 is 10.6 Å². The molecule has 2 aromatic heterocycles. The average molecular weight is 395 g/mol. The summed E-state index contributed by atoms with van der Waals surface area (Å²) in [5, 5.41) is 13.6. The van der Waals surface area contributed by atoms with E-state index < -0.39 is 17.4 Å². The molecule has 0 radical (unpaired) electrons. The van der Waals surface area contributed by atoms with E-state index in [0.29, 0.717) is 23.2 Å². The average Bonchev–Trinajstić information content (AvgIpc) is 2.91. The smallest absolute Gasteiger partial charge is 0.366 e. The predicted molar refractivity (Wildman–Crippen MR) is 99.3 cm³/mol. The lowest BCUT2D eigenvalue weighted by molar-refractivity contribution is -0.137. The van der Waals surface area contributed by atoms with Crippen LogP contribution in [0.1, 0.15) is 37.9 Å². The molecule has 5 rings (SSSR count). The van der Waals surface area contributed by atoms with E-state index in [4.69, 9.17) is 0 Å². The number of hydrogen-bond acceptors (Lipinski definition) is 6. The first kappa shape index (κ1) is 19.0. The quantitative estimate of drug-likeness (QED) is 0.695. The zero-order valence-corrected chi connectivity index (χ0v) is 16.2. The van der Waals surface area contributed by atoms with Crippen molar-refractivity contribution >= 4 is 17.5 Å². The van der Waals surface area contributed by atoms with Crippen molar-refractivity contribution in [3.8, 4) is 0 Å². The first-order valence-corrected chi connectivity index (χ1v) is 9.32. The Balaban J connectivity index is 1.60. The maximum absolute atomic E-state index is 13.4. The zero-order chi connectivity index (χ0) is 20.3. The maximum atomic E-state index is 13.4. The molecule has 0 unspecified atom stereocenters. The second kappa shape index (κ2) is 6.33. The summed E-state index contributed by atoms with van der Waals surface area (Å²) < 4.78 is 41.8. The van der Waals surface area contributed by atoms with Crippen LogP contribution in [0.2, 0.25) is 0 Å². The van der Waals surface area contributed by atoms with E-state index in [0.717, 1.165) is 19.0 Å². The topological polar surface area (TPSA) is 79.7 Å². The number of alkyl halides is 3. The van der Waals surface area contributed by atoms with Crippen LogP contribution in [0.5, 0.6) is 0 Å². The third-order valence-electron chi connectivity index (χ3n) is 5.95. The van der Waals surface area contributed by atoms with Crippen LogP contribution in [-0.2, 0) is 11.8 Å². The van der Waals surface area contributed by atoms with Crippen LogP contribution in [0.25, 0.3) is 0 Å². The lowest BCUT2D eigenvalue weighted by Gasteiger charge is -2.58. The molecule has 0 aromatic carbocycles. The molecule has 2 heterocycles. The van der Waals surface area contributed by atoms with Crippen molar-refractivity contribution in [2.24, 2.45) is 11.8 Å². The summed E-state index contributed by atoms with van der Waals surface area (Å²) in [6.07, 6.45) is 0.288. The Morgan fingerprint density at radius 3 is 2.39 bits per heavy atom. The van der Waals surface area contributed by atoms with Crippen molar-refractivity contribution in [1.82, 2.24) is 25.1 Å². The number of anilines is 3. The molecule has 3 aliphatic carbocycles.